The van der Waals surface area contributed by atoms with Gasteiger partial charge in [-0.05, 0) is 64.2 Å². The number of carbonyl (C=O) groups is 1. The van der Waals surface area contributed by atoms with Gasteiger partial charge in [0.1, 0.15) is 11.4 Å². The molecular formula is C19H29NO4. The summed E-state index contributed by atoms with van der Waals surface area (Å²) in [4.78, 5) is 14.5. The van der Waals surface area contributed by atoms with E-state index in [0.717, 1.165) is 37.0 Å². The van der Waals surface area contributed by atoms with Gasteiger partial charge in [0.15, 0.2) is 0 Å². The summed E-state index contributed by atoms with van der Waals surface area (Å²) in [5.41, 5.74) is 0.476. The lowest BCUT2D eigenvalue weighted by atomic mass is 9.92. The molecule has 0 spiro atoms. The van der Waals surface area contributed by atoms with Crippen molar-refractivity contribution in [3.63, 3.8) is 0 Å². The average molecular weight is 335 g/mol. The minimum absolute atomic E-state index is 0.0921. The van der Waals surface area contributed by atoms with Crippen molar-refractivity contribution in [3.05, 3.63) is 29.8 Å². The summed E-state index contributed by atoms with van der Waals surface area (Å²) in [6.07, 6.45) is 2.49. The molecule has 2 rings (SSSR count). The second-order valence-electron chi connectivity index (χ2n) is 7.42. The minimum Gasteiger partial charge on any atom is -0.497 e. The van der Waals surface area contributed by atoms with E-state index >= 15 is 0 Å². The number of nitrogens with zero attached hydrogens (tertiary/aromatic N) is 1. The minimum atomic E-state index is -0.530. The molecule has 1 aromatic rings. The smallest absolute Gasteiger partial charge is 0.410 e. The van der Waals surface area contributed by atoms with Crippen molar-refractivity contribution in [2.75, 3.05) is 7.11 Å². The van der Waals surface area contributed by atoms with Gasteiger partial charge in [0.2, 0.25) is 0 Å². The first-order chi connectivity index (χ1) is 11.3. The van der Waals surface area contributed by atoms with E-state index in [1.807, 2.05) is 45.0 Å². The highest BCUT2D eigenvalue weighted by Gasteiger charge is 2.31. The van der Waals surface area contributed by atoms with Crippen molar-refractivity contribution in [3.8, 4) is 5.75 Å². The zero-order chi connectivity index (χ0) is 17.7. The second-order valence-corrected chi connectivity index (χ2v) is 7.42. The third kappa shape index (κ3) is 5.41. The number of aliphatic hydroxyl groups excluding tert-OH is 1. The Morgan fingerprint density at radius 2 is 1.92 bits per heavy atom. The van der Waals surface area contributed by atoms with Gasteiger partial charge < -0.3 is 19.5 Å². The van der Waals surface area contributed by atoms with E-state index in [9.17, 15) is 9.90 Å². The molecule has 0 atom stereocenters. The molecule has 1 N–H and O–H groups in total. The average Bonchev–Trinajstić information content (AvgIpc) is 2.52. The van der Waals surface area contributed by atoms with E-state index < -0.39 is 5.60 Å². The first kappa shape index (κ1) is 18.6. The number of benzene rings is 1. The zero-order valence-corrected chi connectivity index (χ0v) is 15.1. The van der Waals surface area contributed by atoms with E-state index in [-0.39, 0.29) is 18.2 Å². The predicted molar refractivity (Wildman–Crippen MR) is 93.0 cm³/mol. The number of ether oxygens (including phenoxy) is 2. The van der Waals surface area contributed by atoms with Gasteiger partial charge in [-0.3, -0.25) is 0 Å². The van der Waals surface area contributed by atoms with Crippen LogP contribution in [0, 0.1) is 0 Å². The van der Waals surface area contributed by atoms with Gasteiger partial charge in [-0.1, -0.05) is 12.1 Å². The van der Waals surface area contributed by atoms with E-state index in [0.29, 0.717) is 6.54 Å². The molecule has 1 aliphatic carbocycles. The van der Waals surface area contributed by atoms with Gasteiger partial charge in [-0.2, -0.15) is 0 Å². The summed E-state index contributed by atoms with van der Waals surface area (Å²) in [5.74, 6) is 0.774. The highest BCUT2D eigenvalue weighted by atomic mass is 16.6. The number of hydrogen-bond donors (Lipinski definition) is 1. The summed E-state index contributed by atoms with van der Waals surface area (Å²) < 4.78 is 10.9. The molecule has 0 heterocycles. The van der Waals surface area contributed by atoms with Gasteiger partial charge in [0.05, 0.1) is 13.2 Å². The fraction of sp³-hybridized carbons (Fsp3) is 0.632. The van der Waals surface area contributed by atoms with Crippen LogP contribution in [0.1, 0.15) is 52.0 Å². The summed E-state index contributed by atoms with van der Waals surface area (Å²) in [5, 5.41) is 9.74. The quantitative estimate of drug-likeness (QED) is 0.911. The Labute approximate surface area is 144 Å². The number of methoxy groups -OCH3 is 1. The topological polar surface area (TPSA) is 59.0 Å². The number of aliphatic hydroxyl groups is 1. The second kappa shape index (κ2) is 7.88. The number of carbonyl (C=O) groups excluding carboxylic acids is 1. The van der Waals surface area contributed by atoms with Gasteiger partial charge in [-0.25, -0.2) is 4.79 Å². The molecule has 0 unspecified atom stereocenters. The van der Waals surface area contributed by atoms with Crippen LogP contribution in [-0.4, -0.2) is 41.0 Å². The Morgan fingerprint density at radius 1 is 1.25 bits per heavy atom. The summed E-state index contributed by atoms with van der Waals surface area (Å²) in [6, 6.07) is 7.83. The van der Waals surface area contributed by atoms with E-state index in [2.05, 4.69) is 0 Å². The first-order valence-electron chi connectivity index (χ1n) is 8.59. The molecule has 0 bridgehead atoms. The van der Waals surface area contributed by atoms with Crippen molar-refractivity contribution in [1.82, 2.24) is 4.90 Å². The maximum absolute atomic E-state index is 12.7. The van der Waals surface area contributed by atoms with Gasteiger partial charge in [0.25, 0.3) is 0 Å². The Kier molecular flexibility index (Phi) is 6.10. The fourth-order valence-corrected chi connectivity index (χ4v) is 3.00. The van der Waals surface area contributed by atoms with Crippen molar-refractivity contribution >= 4 is 6.09 Å². The molecule has 0 aromatic heterocycles. The fourth-order valence-electron chi connectivity index (χ4n) is 3.00. The number of rotatable bonds is 4. The molecule has 1 fully saturated rings. The summed E-state index contributed by atoms with van der Waals surface area (Å²) >= 11 is 0. The monoisotopic (exact) mass is 335 g/mol. The Balaban J connectivity index is 2.16. The van der Waals surface area contributed by atoms with Crippen molar-refractivity contribution < 1.29 is 19.4 Å². The SMILES string of the molecule is COc1cccc(CN(C(=O)OC(C)(C)C)C2CCC(O)CC2)c1. The van der Waals surface area contributed by atoms with Crippen LogP contribution in [0.4, 0.5) is 4.79 Å². The van der Waals surface area contributed by atoms with Crippen LogP contribution in [0.25, 0.3) is 0 Å². The molecule has 0 aliphatic heterocycles. The van der Waals surface area contributed by atoms with Crippen LogP contribution >= 0.6 is 0 Å². The van der Waals surface area contributed by atoms with Crippen molar-refractivity contribution in [1.29, 1.82) is 0 Å². The predicted octanol–water partition coefficient (Wildman–Crippen LogP) is 3.74. The van der Waals surface area contributed by atoms with Crippen LogP contribution in [0.2, 0.25) is 0 Å². The van der Waals surface area contributed by atoms with Crippen LogP contribution in [0.5, 0.6) is 5.75 Å². The molecular weight excluding hydrogens is 306 g/mol. The Morgan fingerprint density at radius 3 is 2.50 bits per heavy atom. The Hall–Kier alpha value is -1.75. The Bertz CT molecular complexity index is 545. The third-order valence-electron chi connectivity index (χ3n) is 4.22. The number of hydrogen-bond acceptors (Lipinski definition) is 4. The van der Waals surface area contributed by atoms with E-state index in [1.54, 1.807) is 12.0 Å². The molecule has 1 aromatic carbocycles. The molecule has 0 saturated heterocycles. The van der Waals surface area contributed by atoms with Gasteiger partial charge in [-0.15, -0.1) is 0 Å². The summed E-state index contributed by atoms with van der Waals surface area (Å²) in [7, 11) is 1.63. The molecule has 5 heteroatoms. The van der Waals surface area contributed by atoms with Crippen LogP contribution < -0.4 is 4.74 Å². The highest BCUT2D eigenvalue weighted by molar-refractivity contribution is 5.68. The lowest BCUT2D eigenvalue weighted by molar-refractivity contribution is 0.00268. The largest absolute Gasteiger partial charge is 0.497 e. The van der Waals surface area contributed by atoms with Crippen LogP contribution in [0.15, 0.2) is 24.3 Å². The van der Waals surface area contributed by atoms with Crippen molar-refractivity contribution in [2.45, 2.75) is 70.7 Å². The zero-order valence-electron chi connectivity index (χ0n) is 15.1. The molecule has 134 valence electrons. The lowest BCUT2D eigenvalue weighted by Gasteiger charge is -2.36. The molecule has 24 heavy (non-hydrogen) atoms. The normalized spacial score (nSPS) is 21.2. The number of amides is 1. The standard InChI is InChI=1S/C19H29NO4/c1-19(2,3)24-18(22)20(15-8-10-16(21)11-9-15)13-14-6-5-7-17(12-14)23-4/h5-7,12,15-16,21H,8-11,13H2,1-4H3. The molecule has 1 aliphatic rings. The maximum atomic E-state index is 12.7. The third-order valence-corrected chi connectivity index (χ3v) is 4.22. The van der Waals surface area contributed by atoms with Crippen LogP contribution in [-0.2, 0) is 11.3 Å². The van der Waals surface area contributed by atoms with E-state index in [1.165, 1.54) is 0 Å². The van der Waals surface area contributed by atoms with Gasteiger partial charge >= 0.3 is 6.09 Å². The summed E-state index contributed by atoms with van der Waals surface area (Å²) in [6.45, 7) is 6.10. The van der Waals surface area contributed by atoms with Crippen LogP contribution in [0.3, 0.4) is 0 Å². The van der Waals surface area contributed by atoms with Gasteiger partial charge in [0, 0.05) is 12.6 Å². The molecule has 5 nitrogen and oxygen atoms in total. The lowest BCUT2D eigenvalue weighted by Crippen LogP contribution is -2.45. The first-order valence-corrected chi connectivity index (χ1v) is 8.59. The van der Waals surface area contributed by atoms with Crippen molar-refractivity contribution in [2.24, 2.45) is 0 Å². The molecule has 1 amide bonds. The maximum Gasteiger partial charge on any atom is 0.410 e. The van der Waals surface area contributed by atoms with E-state index in [4.69, 9.17) is 9.47 Å². The molecule has 0 radical (unpaired) electrons. The molecule has 1 saturated carbocycles. The highest BCUT2D eigenvalue weighted by Crippen LogP contribution is 2.27.